The second-order valence-electron chi connectivity index (χ2n) is 6.99. The summed E-state index contributed by atoms with van der Waals surface area (Å²) in [5.74, 6) is 0.354. The second kappa shape index (κ2) is 6.55. The lowest BCUT2D eigenvalue weighted by Gasteiger charge is -2.37. The molecule has 132 valence electrons. The molecule has 1 spiro atoms. The first kappa shape index (κ1) is 16.2. The van der Waals surface area contributed by atoms with E-state index in [1.165, 1.54) is 12.0 Å². The minimum Gasteiger partial charge on any atom is -0.362 e. The summed E-state index contributed by atoms with van der Waals surface area (Å²) in [5.41, 5.74) is 2.14. The number of ether oxygens (including phenoxy) is 1. The molecule has 25 heavy (non-hydrogen) atoms. The summed E-state index contributed by atoms with van der Waals surface area (Å²) in [5, 5.41) is 17.3. The smallest absolute Gasteiger partial charge is 0.250 e. The van der Waals surface area contributed by atoms with Crippen molar-refractivity contribution in [2.24, 2.45) is 0 Å². The number of hydrogen-bond donors (Lipinski definition) is 2. The number of H-pyrrole nitrogens is 1. The predicted octanol–water partition coefficient (Wildman–Crippen LogP) is 2.07. The number of aryl methyl sites for hydroxylation is 1. The third-order valence-electron chi connectivity index (χ3n) is 5.44. The molecule has 2 atom stereocenters. The lowest BCUT2D eigenvalue weighted by atomic mass is 9.78. The molecule has 1 aromatic heterocycles. The lowest BCUT2D eigenvalue weighted by Crippen LogP contribution is -2.42. The van der Waals surface area contributed by atoms with Crippen LogP contribution in [0.4, 0.5) is 0 Å². The predicted molar refractivity (Wildman–Crippen MR) is 90.7 cm³/mol. The Bertz CT molecular complexity index is 724. The van der Waals surface area contributed by atoms with E-state index in [-0.39, 0.29) is 17.6 Å². The van der Waals surface area contributed by atoms with Crippen LogP contribution < -0.4 is 5.32 Å². The van der Waals surface area contributed by atoms with Crippen molar-refractivity contribution in [3.05, 3.63) is 41.2 Å². The zero-order valence-electron chi connectivity index (χ0n) is 14.4. The average Bonchev–Trinajstić information content (AvgIpc) is 3.29. The van der Waals surface area contributed by atoms with Crippen molar-refractivity contribution in [2.45, 2.75) is 63.2 Å². The van der Waals surface area contributed by atoms with Gasteiger partial charge in [-0.3, -0.25) is 4.79 Å². The van der Waals surface area contributed by atoms with Crippen LogP contribution >= 0.6 is 0 Å². The number of benzene rings is 1. The Kier molecular flexibility index (Phi) is 4.25. The number of rotatable bonds is 5. The van der Waals surface area contributed by atoms with Gasteiger partial charge >= 0.3 is 0 Å². The molecule has 4 rings (SSSR count). The molecule has 2 aliphatic rings. The van der Waals surface area contributed by atoms with E-state index in [1.807, 2.05) is 12.1 Å². The Morgan fingerprint density at radius 3 is 2.72 bits per heavy atom. The summed E-state index contributed by atoms with van der Waals surface area (Å²) < 4.78 is 6.06. The molecule has 0 bridgehead atoms. The van der Waals surface area contributed by atoms with Crippen molar-refractivity contribution in [1.82, 2.24) is 25.9 Å². The SMILES string of the molecule is CCc1ccc(C(NC(=O)C2CCC3(CCC3)O2)c2nn[nH]n2)cc1. The van der Waals surface area contributed by atoms with Crippen LogP contribution in [0.15, 0.2) is 24.3 Å². The topological polar surface area (TPSA) is 92.8 Å². The van der Waals surface area contributed by atoms with Crippen LogP contribution in [0, 0.1) is 0 Å². The Morgan fingerprint density at radius 2 is 2.16 bits per heavy atom. The fourth-order valence-corrected chi connectivity index (χ4v) is 3.71. The molecule has 1 saturated carbocycles. The van der Waals surface area contributed by atoms with Crippen molar-refractivity contribution in [1.29, 1.82) is 0 Å². The van der Waals surface area contributed by atoms with Gasteiger partial charge < -0.3 is 10.1 Å². The molecule has 2 fully saturated rings. The number of tetrazole rings is 1. The van der Waals surface area contributed by atoms with Gasteiger partial charge in [-0.1, -0.05) is 36.4 Å². The van der Waals surface area contributed by atoms with Crippen LogP contribution in [0.2, 0.25) is 0 Å². The van der Waals surface area contributed by atoms with Gasteiger partial charge in [0.25, 0.3) is 0 Å². The molecule has 1 aliphatic heterocycles. The number of nitrogens with zero attached hydrogens (tertiary/aromatic N) is 3. The van der Waals surface area contributed by atoms with Crippen LogP contribution in [0.1, 0.15) is 62.0 Å². The molecule has 7 heteroatoms. The van der Waals surface area contributed by atoms with E-state index in [2.05, 4.69) is 45.0 Å². The third-order valence-corrected chi connectivity index (χ3v) is 5.44. The summed E-state index contributed by atoms with van der Waals surface area (Å²) in [6.07, 6.45) is 5.68. The highest BCUT2D eigenvalue weighted by Gasteiger charge is 2.47. The van der Waals surface area contributed by atoms with E-state index in [9.17, 15) is 4.79 Å². The maximum absolute atomic E-state index is 12.8. The third kappa shape index (κ3) is 3.16. The van der Waals surface area contributed by atoms with Gasteiger partial charge in [0.15, 0.2) is 0 Å². The number of hydrogen-bond acceptors (Lipinski definition) is 5. The average molecular weight is 341 g/mol. The Balaban J connectivity index is 1.51. The zero-order valence-corrected chi connectivity index (χ0v) is 14.4. The van der Waals surface area contributed by atoms with Gasteiger partial charge in [-0.25, -0.2) is 0 Å². The molecule has 2 aromatic rings. The molecule has 1 aromatic carbocycles. The highest BCUT2D eigenvalue weighted by Crippen LogP contribution is 2.45. The molecule has 2 unspecified atom stereocenters. The molecular weight excluding hydrogens is 318 g/mol. The molecule has 2 heterocycles. The van der Waals surface area contributed by atoms with E-state index in [0.717, 1.165) is 37.7 Å². The minimum atomic E-state index is -0.432. The van der Waals surface area contributed by atoms with Gasteiger partial charge in [0.05, 0.1) is 5.60 Å². The molecule has 2 N–H and O–H groups in total. The van der Waals surface area contributed by atoms with E-state index < -0.39 is 6.04 Å². The highest BCUT2D eigenvalue weighted by molar-refractivity contribution is 5.82. The number of carbonyl (C=O) groups excluding carboxylic acids is 1. The summed E-state index contributed by atoms with van der Waals surface area (Å²) in [7, 11) is 0. The first-order chi connectivity index (χ1) is 12.2. The summed E-state index contributed by atoms with van der Waals surface area (Å²) >= 11 is 0. The Morgan fingerprint density at radius 1 is 1.36 bits per heavy atom. The van der Waals surface area contributed by atoms with E-state index in [1.54, 1.807) is 0 Å². The summed E-state index contributed by atoms with van der Waals surface area (Å²) in [6.45, 7) is 2.11. The van der Waals surface area contributed by atoms with Gasteiger partial charge in [-0.15, -0.1) is 10.2 Å². The quantitative estimate of drug-likeness (QED) is 0.868. The van der Waals surface area contributed by atoms with E-state index in [4.69, 9.17) is 4.74 Å². The monoisotopic (exact) mass is 341 g/mol. The number of aromatic nitrogens is 4. The van der Waals surface area contributed by atoms with Crippen LogP contribution in [0.5, 0.6) is 0 Å². The van der Waals surface area contributed by atoms with Crippen molar-refractivity contribution in [2.75, 3.05) is 0 Å². The van der Waals surface area contributed by atoms with Crippen molar-refractivity contribution in [3.63, 3.8) is 0 Å². The fraction of sp³-hybridized carbons (Fsp3) is 0.556. The normalized spacial score (nSPS) is 22.5. The van der Waals surface area contributed by atoms with Crippen LogP contribution in [0.3, 0.4) is 0 Å². The molecule has 1 aliphatic carbocycles. The molecular formula is C18H23N5O2. The van der Waals surface area contributed by atoms with Gasteiger partial charge in [0, 0.05) is 0 Å². The summed E-state index contributed by atoms with van der Waals surface area (Å²) in [6, 6.07) is 7.69. The first-order valence-corrected chi connectivity index (χ1v) is 8.99. The van der Waals surface area contributed by atoms with E-state index in [0.29, 0.717) is 5.82 Å². The zero-order chi connectivity index (χ0) is 17.3. The van der Waals surface area contributed by atoms with Crippen molar-refractivity contribution in [3.8, 4) is 0 Å². The van der Waals surface area contributed by atoms with Crippen LogP contribution in [-0.2, 0) is 16.0 Å². The van der Waals surface area contributed by atoms with Gasteiger partial charge in [0.2, 0.25) is 11.7 Å². The lowest BCUT2D eigenvalue weighted by molar-refractivity contribution is -0.144. The van der Waals surface area contributed by atoms with Crippen LogP contribution in [-0.4, -0.2) is 38.2 Å². The fourth-order valence-electron chi connectivity index (χ4n) is 3.71. The number of amides is 1. The van der Waals surface area contributed by atoms with Crippen molar-refractivity contribution >= 4 is 5.91 Å². The standard InChI is InChI=1S/C18H23N5O2/c1-2-12-4-6-13(7-5-12)15(16-20-22-23-21-16)19-17(24)14-8-11-18(25-14)9-3-10-18/h4-7,14-15H,2-3,8-11H2,1H3,(H,19,24)(H,20,21,22,23). The molecule has 1 saturated heterocycles. The Hall–Kier alpha value is -2.28. The number of nitrogens with one attached hydrogen (secondary N) is 2. The number of aromatic amines is 1. The maximum Gasteiger partial charge on any atom is 0.250 e. The largest absolute Gasteiger partial charge is 0.362 e. The number of carbonyl (C=O) groups is 1. The second-order valence-corrected chi connectivity index (χ2v) is 6.99. The van der Waals surface area contributed by atoms with Gasteiger partial charge in [0.1, 0.15) is 12.1 Å². The maximum atomic E-state index is 12.8. The van der Waals surface area contributed by atoms with E-state index >= 15 is 0 Å². The summed E-state index contributed by atoms with van der Waals surface area (Å²) in [4.78, 5) is 12.8. The van der Waals surface area contributed by atoms with Crippen molar-refractivity contribution < 1.29 is 9.53 Å². The van der Waals surface area contributed by atoms with Gasteiger partial charge in [-0.05, 0) is 49.7 Å². The highest BCUT2D eigenvalue weighted by atomic mass is 16.5. The minimum absolute atomic E-state index is 0.0353. The van der Waals surface area contributed by atoms with Gasteiger partial charge in [-0.2, -0.15) is 5.21 Å². The first-order valence-electron chi connectivity index (χ1n) is 8.99. The molecule has 0 radical (unpaired) electrons. The molecule has 7 nitrogen and oxygen atoms in total. The van der Waals surface area contributed by atoms with Crippen LogP contribution in [0.25, 0.3) is 0 Å². The Labute approximate surface area is 146 Å². The molecule has 1 amide bonds.